The van der Waals surface area contributed by atoms with E-state index in [2.05, 4.69) is 20.3 Å². The van der Waals surface area contributed by atoms with E-state index in [1.807, 2.05) is 13.8 Å². The minimum atomic E-state index is -3.97. The van der Waals surface area contributed by atoms with E-state index in [0.29, 0.717) is 11.1 Å². The number of amides is 1. The van der Waals surface area contributed by atoms with Crippen molar-refractivity contribution in [1.29, 1.82) is 0 Å². The molecule has 0 bridgehead atoms. The van der Waals surface area contributed by atoms with Crippen LogP contribution in [0.5, 0.6) is 0 Å². The highest BCUT2D eigenvalue weighted by Gasteiger charge is 2.20. The van der Waals surface area contributed by atoms with Gasteiger partial charge in [0.15, 0.2) is 5.82 Å². The van der Waals surface area contributed by atoms with Crippen LogP contribution in [0.15, 0.2) is 24.3 Å². The zero-order valence-corrected chi connectivity index (χ0v) is 15.5. The molecule has 0 fully saturated rings. The lowest BCUT2D eigenvalue weighted by Gasteiger charge is -2.11. The molecule has 2 aromatic rings. The standard InChI is InChI=1S/C16H21FN4O4S/c1-4-25-16(22)21-26(23,24)9-18-15-13(14(10(2)3)19-20-15)11-5-7-12(17)8-6-11/h5-8,10H,4,9H2,1-3H3,(H,21,22)(H2,18,19,20). The summed E-state index contributed by atoms with van der Waals surface area (Å²) in [5, 5.41) is 9.68. The van der Waals surface area contributed by atoms with Crippen molar-refractivity contribution >= 4 is 21.9 Å². The Morgan fingerprint density at radius 3 is 2.54 bits per heavy atom. The van der Waals surface area contributed by atoms with E-state index in [1.165, 1.54) is 12.1 Å². The Bertz CT molecular complexity index is 863. The van der Waals surface area contributed by atoms with Gasteiger partial charge in [0.1, 0.15) is 11.7 Å². The lowest BCUT2D eigenvalue weighted by atomic mass is 9.99. The average molecular weight is 384 g/mol. The molecule has 26 heavy (non-hydrogen) atoms. The Labute approximate surface area is 151 Å². The first kappa shape index (κ1) is 19.7. The van der Waals surface area contributed by atoms with Gasteiger partial charge < -0.3 is 10.1 Å². The molecule has 2 rings (SSSR count). The number of nitrogens with zero attached hydrogens (tertiary/aromatic N) is 1. The van der Waals surface area contributed by atoms with Crippen molar-refractivity contribution in [3.63, 3.8) is 0 Å². The number of benzene rings is 1. The lowest BCUT2D eigenvalue weighted by Crippen LogP contribution is -2.35. The maximum atomic E-state index is 13.2. The van der Waals surface area contributed by atoms with E-state index >= 15 is 0 Å². The normalized spacial score (nSPS) is 11.4. The molecule has 0 saturated heterocycles. The Morgan fingerprint density at radius 1 is 1.31 bits per heavy atom. The van der Waals surface area contributed by atoms with Crippen molar-refractivity contribution in [2.75, 3.05) is 17.8 Å². The molecular weight excluding hydrogens is 363 g/mol. The van der Waals surface area contributed by atoms with Crippen LogP contribution in [0, 0.1) is 5.82 Å². The van der Waals surface area contributed by atoms with Crippen LogP contribution in [0.2, 0.25) is 0 Å². The van der Waals surface area contributed by atoms with Crippen molar-refractivity contribution in [3.8, 4) is 11.1 Å². The van der Waals surface area contributed by atoms with E-state index in [1.54, 1.807) is 23.8 Å². The molecule has 8 nitrogen and oxygen atoms in total. The van der Waals surface area contributed by atoms with E-state index in [-0.39, 0.29) is 24.2 Å². The molecule has 1 heterocycles. The number of carbonyl (C=O) groups excluding carboxylic acids is 1. The lowest BCUT2D eigenvalue weighted by molar-refractivity contribution is 0.158. The summed E-state index contributed by atoms with van der Waals surface area (Å²) in [6, 6.07) is 5.80. The van der Waals surface area contributed by atoms with Gasteiger partial charge in [-0.1, -0.05) is 26.0 Å². The number of halogens is 1. The molecule has 142 valence electrons. The second-order valence-electron chi connectivity index (χ2n) is 5.78. The monoisotopic (exact) mass is 384 g/mol. The van der Waals surface area contributed by atoms with Gasteiger partial charge in [0, 0.05) is 11.3 Å². The minimum Gasteiger partial charge on any atom is -0.449 e. The molecule has 0 saturated carbocycles. The number of aromatic amines is 1. The van der Waals surface area contributed by atoms with Crippen LogP contribution < -0.4 is 10.0 Å². The first-order valence-corrected chi connectivity index (χ1v) is 9.64. The highest BCUT2D eigenvalue weighted by Crippen LogP contribution is 2.33. The molecule has 1 amide bonds. The Balaban J connectivity index is 2.25. The number of nitrogens with one attached hydrogen (secondary N) is 3. The van der Waals surface area contributed by atoms with Crippen LogP contribution in [0.1, 0.15) is 32.4 Å². The SMILES string of the molecule is CCOC(=O)NS(=O)(=O)CNc1n[nH]c(C(C)C)c1-c1ccc(F)cc1. The van der Waals surface area contributed by atoms with Gasteiger partial charge in [-0.15, -0.1) is 0 Å². The van der Waals surface area contributed by atoms with Crippen molar-refractivity contribution in [3.05, 3.63) is 35.8 Å². The zero-order valence-electron chi connectivity index (χ0n) is 14.7. The Morgan fingerprint density at radius 2 is 1.96 bits per heavy atom. The van der Waals surface area contributed by atoms with Crippen LogP contribution in [0.25, 0.3) is 11.1 Å². The second kappa shape index (κ2) is 8.17. The molecule has 1 aromatic heterocycles. The third-order valence-electron chi connectivity index (χ3n) is 3.45. The van der Waals surface area contributed by atoms with Crippen LogP contribution in [0.3, 0.4) is 0 Å². The highest BCUT2D eigenvalue weighted by atomic mass is 32.2. The van der Waals surface area contributed by atoms with E-state index in [0.717, 1.165) is 5.69 Å². The number of ether oxygens (including phenoxy) is 1. The highest BCUT2D eigenvalue weighted by molar-refractivity contribution is 7.90. The van der Waals surface area contributed by atoms with Gasteiger partial charge in [-0.25, -0.2) is 22.3 Å². The van der Waals surface area contributed by atoms with Crippen molar-refractivity contribution in [2.24, 2.45) is 0 Å². The summed E-state index contributed by atoms with van der Waals surface area (Å²) in [5.41, 5.74) is 2.10. The zero-order chi connectivity index (χ0) is 19.3. The predicted molar refractivity (Wildman–Crippen MR) is 95.6 cm³/mol. The fourth-order valence-electron chi connectivity index (χ4n) is 2.30. The van der Waals surface area contributed by atoms with E-state index < -0.39 is 22.0 Å². The number of carbonyl (C=O) groups is 1. The molecule has 0 aliphatic heterocycles. The van der Waals surface area contributed by atoms with Crippen LogP contribution in [-0.4, -0.2) is 37.2 Å². The maximum Gasteiger partial charge on any atom is 0.420 e. The number of anilines is 1. The van der Waals surface area contributed by atoms with Gasteiger partial charge >= 0.3 is 6.09 Å². The predicted octanol–water partition coefficient (Wildman–Crippen LogP) is 2.78. The fraction of sp³-hybridized carbons (Fsp3) is 0.375. The molecule has 0 aliphatic carbocycles. The van der Waals surface area contributed by atoms with Crippen molar-refractivity contribution in [2.45, 2.75) is 26.7 Å². The topological polar surface area (TPSA) is 113 Å². The van der Waals surface area contributed by atoms with E-state index in [4.69, 9.17) is 0 Å². The third-order valence-corrected chi connectivity index (χ3v) is 4.45. The quantitative estimate of drug-likeness (QED) is 0.676. The average Bonchev–Trinajstić information content (AvgIpc) is 2.98. The summed E-state index contributed by atoms with van der Waals surface area (Å²) in [6.45, 7) is 5.52. The largest absolute Gasteiger partial charge is 0.449 e. The number of hydrogen-bond donors (Lipinski definition) is 3. The summed E-state index contributed by atoms with van der Waals surface area (Å²) >= 11 is 0. The molecule has 1 aromatic carbocycles. The van der Waals surface area contributed by atoms with Gasteiger partial charge in [0.05, 0.1) is 6.61 Å². The summed E-state index contributed by atoms with van der Waals surface area (Å²) in [6.07, 6.45) is -1.04. The first-order valence-electron chi connectivity index (χ1n) is 7.98. The molecule has 0 radical (unpaired) electrons. The molecule has 10 heteroatoms. The van der Waals surface area contributed by atoms with Crippen LogP contribution in [-0.2, 0) is 14.8 Å². The van der Waals surface area contributed by atoms with E-state index in [9.17, 15) is 17.6 Å². The van der Waals surface area contributed by atoms with Gasteiger partial charge in [0.25, 0.3) is 10.0 Å². The van der Waals surface area contributed by atoms with Gasteiger partial charge in [-0.05, 0) is 30.5 Å². The minimum absolute atomic E-state index is 0.0562. The molecule has 0 spiro atoms. The Kier molecular flexibility index (Phi) is 6.19. The first-order chi connectivity index (χ1) is 12.2. The maximum absolute atomic E-state index is 13.2. The van der Waals surface area contributed by atoms with Gasteiger partial charge in [0.2, 0.25) is 0 Å². The summed E-state index contributed by atoms with van der Waals surface area (Å²) in [5.74, 6) is -0.594. The number of sulfonamides is 1. The van der Waals surface area contributed by atoms with Crippen molar-refractivity contribution in [1.82, 2.24) is 14.9 Å². The molecule has 0 atom stereocenters. The third kappa shape index (κ3) is 4.94. The number of H-pyrrole nitrogens is 1. The van der Waals surface area contributed by atoms with Gasteiger partial charge in [-0.3, -0.25) is 5.10 Å². The molecule has 3 N–H and O–H groups in total. The summed E-state index contributed by atoms with van der Waals surface area (Å²) in [4.78, 5) is 11.3. The molecular formula is C16H21FN4O4S. The number of rotatable bonds is 7. The fourth-order valence-corrected chi connectivity index (χ4v) is 3.01. The summed E-state index contributed by atoms with van der Waals surface area (Å²) < 4.78 is 43.5. The smallest absolute Gasteiger partial charge is 0.420 e. The molecule has 0 unspecified atom stereocenters. The summed E-state index contributed by atoms with van der Waals surface area (Å²) in [7, 11) is -3.97. The van der Waals surface area contributed by atoms with Crippen LogP contribution in [0.4, 0.5) is 15.0 Å². The van der Waals surface area contributed by atoms with Crippen molar-refractivity contribution < 1.29 is 22.3 Å². The van der Waals surface area contributed by atoms with Crippen LogP contribution >= 0.6 is 0 Å². The second-order valence-corrected chi connectivity index (χ2v) is 7.50. The molecule has 0 aliphatic rings. The van der Waals surface area contributed by atoms with Gasteiger partial charge in [-0.2, -0.15) is 5.10 Å². The number of hydrogen-bond acceptors (Lipinski definition) is 6. The number of aromatic nitrogens is 2. The Hall–Kier alpha value is -2.62.